The largest absolute Gasteiger partial charge is 0.405 e. The first-order valence-electron chi connectivity index (χ1n) is 5.63. The molecule has 1 fully saturated rings. The molecule has 17 heavy (non-hydrogen) atoms. The van der Waals surface area contributed by atoms with Crippen molar-refractivity contribution in [2.75, 3.05) is 13.1 Å². The lowest BCUT2D eigenvalue weighted by Gasteiger charge is -2.33. The van der Waals surface area contributed by atoms with Crippen molar-refractivity contribution in [2.24, 2.45) is 17.4 Å². The van der Waals surface area contributed by atoms with Gasteiger partial charge in [0.1, 0.15) is 6.04 Å². The lowest BCUT2D eigenvalue weighted by atomic mass is 10.0. The number of halogens is 3. The lowest BCUT2D eigenvalue weighted by Crippen LogP contribution is -2.55. The summed E-state index contributed by atoms with van der Waals surface area (Å²) < 4.78 is 38.7. The molecule has 1 aliphatic heterocycles. The van der Waals surface area contributed by atoms with E-state index >= 15 is 0 Å². The molecule has 1 heterocycles. The highest BCUT2D eigenvalue weighted by molar-refractivity contribution is 5.77. The molecule has 1 aliphatic rings. The molecule has 3 atom stereocenters. The van der Waals surface area contributed by atoms with Gasteiger partial charge in [-0.1, -0.05) is 6.92 Å². The van der Waals surface area contributed by atoms with E-state index in [2.05, 4.69) is 0 Å². The predicted molar refractivity (Wildman–Crippen MR) is 57.0 cm³/mol. The summed E-state index contributed by atoms with van der Waals surface area (Å²) in [4.78, 5) is 12.2. The molecule has 0 aromatic carbocycles. The molecule has 1 saturated heterocycles. The zero-order valence-corrected chi connectivity index (χ0v) is 9.70. The molecule has 100 valence electrons. The molecular weight excluding hydrogens is 235 g/mol. The highest BCUT2D eigenvalue weighted by Gasteiger charge is 2.48. The number of carbonyl (C=O) groups is 1. The van der Waals surface area contributed by atoms with E-state index in [1.54, 1.807) is 6.92 Å². The number of primary amides is 1. The van der Waals surface area contributed by atoms with Crippen molar-refractivity contribution < 1.29 is 18.0 Å². The lowest BCUT2D eigenvalue weighted by molar-refractivity contribution is -0.187. The van der Waals surface area contributed by atoms with Crippen LogP contribution in [-0.2, 0) is 4.79 Å². The van der Waals surface area contributed by atoms with Crippen molar-refractivity contribution in [2.45, 2.75) is 38.0 Å². The van der Waals surface area contributed by atoms with Crippen molar-refractivity contribution in [3.8, 4) is 0 Å². The summed E-state index contributed by atoms with van der Waals surface area (Å²) in [6.07, 6.45) is -3.76. The van der Waals surface area contributed by atoms with Crippen molar-refractivity contribution in [3.63, 3.8) is 0 Å². The third-order valence-electron chi connectivity index (χ3n) is 3.23. The van der Waals surface area contributed by atoms with Crippen LogP contribution in [0.25, 0.3) is 0 Å². The second kappa shape index (κ2) is 5.22. The minimum absolute atomic E-state index is 0.0488. The Bertz CT molecular complexity index is 282. The summed E-state index contributed by atoms with van der Waals surface area (Å²) in [5.41, 5.74) is 10.6. The summed E-state index contributed by atoms with van der Waals surface area (Å²) >= 11 is 0. The Labute approximate surface area is 98.1 Å². The van der Waals surface area contributed by atoms with Crippen LogP contribution in [0.3, 0.4) is 0 Å². The Kier molecular flexibility index (Phi) is 4.37. The average molecular weight is 253 g/mol. The molecule has 0 spiro atoms. The van der Waals surface area contributed by atoms with Crippen molar-refractivity contribution in [1.29, 1.82) is 0 Å². The smallest absolute Gasteiger partial charge is 0.369 e. The minimum atomic E-state index is -4.37. The third kappa shape index (κ3) is 3.32. The van der Waals surface area contributed by atoms with Gasteiger partial charge in [0.25, 0.3) is 0 Å². The molecule has 0 aromatic heterocycles. The van der Waals surface area contributed by atoms with E-state index in [1.165, 1.54) is 4.90 Å². The molecule has 1 amide bonds. The molecule has 0 aromatic rings. The van der Waals surface area contributed by atoms with Gasteiger partial charge >= 0.3 is 6.18 Å². The highest BCUT2D eigenvalue weighted by atomic mass is 19.4. The van der Waals surface area contributed by atoms with Gasteiger partial charge in [-0.05, 0) is 19.4 Å². The maximum Gasteiger partial charge on any atom is 0.405 e. The SMILES string of the molecule is CCC(N)C(N1CCC(C(N)=O)C1)C(F)(F)F. The summed E-state index contributed by atoms with van der Waals surface area (Å²) in [6, 6.07) is -2.65. The second-order valence-electron chi connectivity index (χ2n) is 4.44. The average Bonchev–Trinajstić information content (AvgIpc) is 2.64. The Morgan fingerprint density at radius 1 is 1.53 bits per heavy atom. The van der Waals surface area contributed by atoms with Crippen molar-refractivity contribution in [1.82, 2.24) is 4.90 Å². The normalized spacial score (nSPS) is 25.8. The van der Waals surface area contributed by atoms with Gasteiger partial charge in [-0.15, -0.1) is 0 Å². The molecule has 1 rings (SSSR count). The van der Waals surface area contributed by atoms with Crippen LogP contribution in [-0.4, -0.2) is 42.2 Å². The number of hydrogen-bond donors (Lipinski definition) is 2. The van der Waals surface area contributed by atoms with E-state index in [1.807, 2.05) is 0 Å². The van der Waals surface area contributed by atoms with Gasteiger partial charge < -0.3 is 11.5 Å². The topological polar surface area (TPSA) is 72.3 Å². The minimum Gasteiger partial charge on any atom is -0.369 e. The molecule has 4 N–H and O–H groups in total. The number of carbonyl (C=O) groups excluding carboxylic acids is 1. The number of nitrogens with zero attached hydrogens (tertiary/aromatic N) is 1. The van der Waals surface area contributed by atoms with Crippen molar-refractivity contribution >= 4 is 5.91 Å². The van der Waals surface area contributed by atoms with Gasteiger partial charge in [-0.25, -0.2) is 0 Å². The van der Waals surface area contributed by atoms with E-state index in [0.717, 1.165) is 0 Å². The molecule has 7 heteroatoms. The molecule has 0 radical (unpaired) electrons. The fourth-order valence-electron chi connectivity index (χ4n) is 2.22. The van der Waals surface area contributed by atoms with Gasteiger partial charge in [0, 0.05) is 12.6 Å². The molecule has 0 saturated carbocycles. The Morgan fingerprint density at radius 3 is 2.47 bits per heavy atom. The van der Waals surface area contributed by atoms with Crippen LogP contribution in [0.4, 0.5) is 13.2 Å². The number of rotatable bonds is 4. The van der Waals surface area contributed by atoms with E-state index in [4.69, 9.17) is 11.5 Å². The first-order valence-corrected chi connectivity index (χ1v) is 5.63. The number of amides is 1. The molecule has 3 unspecified atom stereocenters. The summed E-state index contributed by atoms with van der Waals surface area (Å²) in [7, 11) is 0. The predicted octanol–water partition coefficient (Wildman–Crippen LogP) is 0.462. The van der Waals surface area contributed by atoms with Gasteiger partial charge in [0.05, 0.1) is 5.92 Å². The van der Waals surface area contributed by atoms with Gasteiger partial charge in [-0.3, -0.25) is 9.69 Å². The maximum absolute atomic E-state index is 12.9. The van der Waals surface area contributed by atoms with E-state index in [9.17, 15) is 18.0 Å². The van der Waals surface area contributed by atoms with Gasteiger partial charge in [0.15, 0.2) is 0 Å². The summed E-state index contributed by atoms with van der Waals surface area (Å²) in [5.74, 6) is -1.04. The Morgan fingerprint density at radius 2 is 2.12 bits per heavy atom. The van der Waals surface area contributed by atoms with Crippen LogP contribution >= 0.6 is 0 Å². The van der Waals surface area contributed by atoms with Crippen LogP contribution in [0.5, 0.6) is 0 Å². The molecule has 4 nitrogen and oxygen atoms in total. The second-order valence-corrected chi connectivity index (χ2v) is 4.44. The van der Waals surface area contributed by atoms with Crippen LogP contribution in [0.1, 0.15) is 19.8 Å². The van der Waals surface area contributed by atoms with Crippen LogP contribution in [0.15, 0.2) is 0 Å². The first kappa shape index (κ1) is 14.2. The maximum atomic E-state index is 12.9. The molecule has 0 bridgehead atoms. The Balaban J connectivity index is 2.76. The quantitative estimate of drug-likeness (QED) is 0.764. The molecular formula is C10H18F3N3O. The van der Waals surface area contributed by atoms with E-state index < -0.39 is 30.1 Å². The van der Waals surface area contributed by atoms with Gasteiger partial charge in [0.2, 0.25) is 5.91 Å². The summed E-state index contributed by atoms with van der Waals surface area (Å²) in [5, 5.41) is 0. The summed E-state index contributed by atoms with van der Waals surface area (Å²) in [6.45, 7) is 1.88. The standard InChI is InChI=1S/C10H18F3N3O/c1-2-7(14)8(10(11,12)13)16-4-3-6(5-16)9(15)17/h6-8H,2-5,14H2,1H3,(H2,15,17). The monoisotopic (exact) mass is 253 g/mol. The first-order chi connectivity index (χ1) is 7.77. The van der Waals surface area contributed by atoms with Gasteiger partial charge in [-0.2, -0.15) is 13.2 Å². The van der Waals surface area contributed by atoms with E-state index in [0.29, 0.717) is 6.42 Å². The zero-order valence-electron chi connectivity index (χ0n) is 9.70. The van der Waals surface area contributed by atoms with Crippen molar-refractivity contribution in [3.05, 3.63) is 0 Å². The van der Waals surface area contributed by atoms with Crippen LogP contribution < -0.4 is 11.5 Å². The highest BCUT2D eigenvalue weighted by Crippen LogP contribution is 2.31. The molecule has 0 aliphatic carbocycles. The van der Waals surface area contributed by atoms with Crippen LogP contribution in [0, 0.1) is 5.92 Å². The number of hydrogen-bond acceptors (Lipinski definition) is 3. The van der Waals surface area contributed by atoms with E-state index in [-0.39, 0.29) is 19.5 Å². The number of nitrogens with two attached hydrogens (primary N) is 2. The van der Waals surface area contributed by atoms with Crippen LogP contribution in [0.2, 0.25) is 0 Å². The zero-order chi connectivity index (χ0) is 13.2. The fourth-order valence-corrected chi connectivity index (χ4v) is 2.22. The third-order valence-corrected chi connectivity index (χ3v) is 3.23. The Hall–Kier alpha value is -0.820. The number of alkyl halides is 3. The fraction of sp³-hybridized carbons (Fsp3) is 0.900. The number of likely N-dealkylation sites (tertiary alicyclic amines) is 1.